The molecule has 1 rings (SSSR count). The van der Waals surface area contributed by atoms with E-state index in [9.17, 15) is 0 Å². The third-order valence-electron chi connectivity index (χ3n) is 1.54. The second-order valence-electron chi connectivity index (χ2n) is 2.55. The Morgan fingerprint density at radius 3 is 2.92 bits per heavy atom. The monoisotopic (exact) mass is 177 g/mol. The third kappa shape index (κ3) is 3.09. The Kier molecular flexibility index (Phi) is 3.74. The van der Waals surface area contributed by atoms with E-state index < -0.39 is 0 Å². The van der Waals surface area contributed by atoms with Crippen LogP contribution in [0.15, 0.2) is 18.3 Å². The lowest BCUT2D eigenvalue weighted by molar-refractivity contribution is 0.292. The summed E-state index contributed by atoms with van der Waals surface area (Å²) in [5.74, 6) is 0. The van der Waals surface area contributed by atoms with Gasteiger partial charge in [-0.25, -0.2) is 4.98 Å². The molecular formula is C9H11N3O. The summed E-state index contributed by atoms with van der Waals surface area (Å²) in [6, 6.07) is 5.39. The summed E-state index contributed by atoms with van der Waals surface area (Å²) in [4.78, 5) is 3.89. The summed E-state index contributed by atoms with van der Waals surface area (Å²) < 4.78 is 0. The van der Waals surface area contributed by atoms with E-state index in [0.717, 1.165) is 5.69 Å². The predicted octanol–water partition coefficient (Wildman–Crippen LogP) is 0.748. The van der Waals surface area contributed by atoms with Gasteiger partial charge in [-0.05, 0) is 18.6 Å². The van der Waals surface area contributed by atoms with Crippen molar-refractivity contribution >= 4 is 5.69 Å². The molecular weight excluding hydrogens is 166 g/mol. The molecule has 0 fully saturated rings. The van der Waals surface area contributed by atoms with Gasteiger partial charge in [0, 0.05) is 13.2 Å². The van der Waals surface area contributed by atoms with Crippen molar-refractivity contribution in [2.24, 2.45) is 0 Å². The highest BCUT2D eigenvalue weighted by atomic mass is 16.3. The number of hydrogen-bond acceptors (Lipinski definition) is 4. The molecule has 0 aliphatic rings. The Bertz CT molecular complexity index is 289. The zero-order valence-corrected chi connectivity index (χ0v) is 7.20. The first-order valence-corrected chi connectivity index (χ1v) is 4.07. The van der Waals surface area contributed by atoms with Crippen molar-refractivity contribution in [3.8, 4) is 6.07 Å². The van der Waals surface area contributed by atoms with Crippen LogP contribution in [-0.4, -0.2) is 23.2 Å². The molecule has 2 N–H and O–H groups in total. The zero-order valence-electron chi connectivity index (χ0n) is 7.20. The highest BCUT2D eigenvalue weighted by Crippen LogP contribution is 2.04. The second kappa shape index (κ2) is 5.12. The number of aliphatic hydroxyl groups is 1. The van der Waals surface area contributed by atoms with Crippen LogP contribution in [0.1, 0.15) is 12.1 Å². The van der Waals surface area contributed by atoms with E-state index in [0.29, 0.717) is 18.7 Å². The molecule has 0 saturated carbocycles. The summed E-state index contributed by atoms with van der Waals surface area (Å²) in [5.41, 5.74) is 1.28. The van der Waals surface area contributed by atoms with E-state index in [1.807, 2.05) is 6.07 Å². The van der Waals surface area contributed by atoms with E-state index in [4.69, 9.17) is 10.4 Å². The number of anilines is 1. The molecule has 0 atom stereocenters. The van der Waals surface area contributed by atoms with Gasteiger partial charge in [-0.1, -0.05) is 0 Å². The minimum atomic E-state index is 0.177. The van der Waals surface area contributed by atoms with E-state index in [-0.39, 0.29) is 6.61 Å². The Hall–Kier alpha value is -1.60. The average molecular weight is 177 g/mol. The molecule has 0 radical (unpaired) electrons. The summed E-state index contributed by atoms with van der Waals surface area (Å²) in [5, 5.41) is 20.1. The molecule has 0 unspecified atom stereocenters. The van der Waals surface area contributed by atoms with E-state index in [1.54, 1.807) is 18.3 Å². The summed E-state index contributed by atoms with van der Waals surface area (Å²) in [6.45, 7) is 0.890. The van der Waals surface area contributed by atoms with Crippen LogP contribution in [-0.2, 0) is 0 Å². The van der Waals surface area contributed by atoms with Gasteiger partial charge >= 0.3 is 0 Å². The minimum absolute atomic E-state index is 0.177. The summed E-state index contributed by atoms with van der Waals surface area (Å²) in [6.07, 6.45) is 2.32. The first-order valence-electron chi connectivity index (χ1n) is 4.07. The van der Waals surface area contributed by atoms with Crippen molar-refractivity contribution in [2.45, 2.75) is 6.42 Å². The maximum atomic E-state index is 8.53. The maximum Gasteiger partial charge on any atom is 0.140 e. The van der Waals surface area contributed by atoms with Crippen LogP contribution in [0.5, 0.6) is 0 Å². The highest BCUT2D eigenvalue weighted by Gasteiger charge is 1.92. The number of aromatic nitrogens is 1. The van der Waals surface area contributed by atoms with Gasteiger partial charge in [0.1, 0.15) is 11.8 Å². The molecule has 4 heteroatoms. The lowest BCUT2D eigenvalue weighted by atomic mass is 10.3. The van der Waals surface area contributed by atoms with Gasteiger partial charge in [0.15, 0.2) is 0 Å². The van der Waals surface area contributed by atoms with Crippen LogP contribution < -0.4 is 5.32 Å². The molecule has 0 spiro atoms. The SMILES string of the molecule is N#Cc1ccc(NCCCO)cn1. The number of aliphatic hydroxyl groups excluding tert-OH is 1. The molecule has 0 aliphatic carbocycles. The van der Waals surface area contributed by atoms with Crippen molar-refractivity contribution in [3.63, 3.8) is 0 Å². The van der Waals surface area contributed by atoms with E-state index >= 15 is 0 Å². The standard InChI is InChI=1S/C9H11N3O/c10-6-8-2-3-9(7-12-8)11-4-1-5-13/h2-3,7,11,13H,1,4-5H2. The van der Waals surface area contributed by atoms with Crippen molar-refractivity contribution in [3.05, 3.63) is 24.0 Å². The van der Waals surface area contributed by atoms with Crippen molar-refractivity contribution in [1.29, 1.82) is 5.26 Å². The van der Waals surface area contributed by atoms with Crippen molar-refractivity contribution < 1.29 is 5.11 Å². The fourth-order valence-corrected chi connectivity index (χ4v) is 0.876. The van der Waals surface area contributed by atoms with Crippen LogP contribution in [0.3, 0.4) is 0 Å². The second-order valence-corrected chi connectivity index (χ2v) is 2.55. The zero-order chi connectivity index (χ0) is 9.52. The van der Waals surface area contributed by atoms with Gasteiger partial charge in [-0.3, -0.25) is 0 Å². The molecule has 0 amide bonds. The van der Waals surface area contributed by atoms with Crippen molar-refractivity contribution in [1.82, 2.24) is 4.98 Å². The van der Waals surface area contributed by atoms with Crippen LogP contribution in [0, 0.1) is 11.3 Å². The van der Waals surface area contributed by atoms with Gasteiger partial charge in [-0.2, -0.15) is 5.26 Å². The lowest BCUT2D eigenvalue weighted by Gasteiger charge is -2.03. The van der Waals surface area contributed by atoms with Gasteiger partial charge in [0.05, 0.1) is 11.9 Å². The number of pyridine rings is 1. The van der Waals surface area contributed by atoms with Crippen LogP contribution in [0.2, 0.25) is 0 Å². The number of nitrogens with one attached hydrogen (secondary N) is 1. The molecule has 0 saturated heterocycles. The lowest BCUT2D eigenvalue weighted by Crippen LogP contribution is -2.03. The molecule has 68 valence electrons. The van der Waals surface area contributed by atoms with E-state index in [1.165, 1.54) is 0 Å². The fraction of sp³-hybridized carbons (Fsp3) is 0.333. The number of nitriles is 1. The normalized spacial score (nSPS) is 9.23. The molecule has 1 heterocycles. The van der Waals surface area contributed by atoms with E-state index in [2.05, 4.69) is 10.3 Å². The Balaban J connectivity index is 2.46. The molecule has 1 aromatic rings. The smallest absolute Gasteiger partial charge is 0.140 e. The van der Waals surface area contributed by atoms with Crippen molar-refractivity contribution in [2.75, 3.05) is 18.5 Å². The number of rotatable bonds is 4. The largest absolute Gasteiger partial charge is 0.396 e. The molecule has 1 aromatic heterocycles. The molecule has 13 heavy (non-hydrogen) atoms. The molecule has 0 aromatic carbocycles. The number of nitrogens with zero attached hydrogens (tertiary/aromatic N) is 2. The maximum absolute atomic E-state index is 8.53. The fourth-order valence-electron chi connectivity index (χ4n) is 0.876. The Morgan fingerprint density at radius 1 is 1.54 bits per heavy atom. The van der Waals surface area contributed by atoms with Gasteiger partial charge in [0.2, 0.25) is 0 Å². The number of hydrogen-bond donors (Lipinski definition) is 2. The van der Waals surface area contributed by atoms with Crippen LogP contribution in [0.25, 0.3) is 0 Å². The average Bonchev–Trinajstić information content (AvgIpc) is 2.19. The third-order valence-corrected chi connectivity index (χ3v) is 1.54. The molecule has 4 nitrogen and oxygen atoms in total. The first kappa shape index (κ1) is 9.49. The quantitative estimate of drug-likeness (QED) is 0.666. The van der Waals surface area contributed by atoms with Gasteiger partial charge in [-0.15, -0.1) is 0 Å². The predicted molar refractivity (Wildman–Crippen MR) is 49.1 cm³/mol. The molecule has 0 aliphatic heterocycles. The van der Waals surface area contributed by atoms with Crippen LogP contribution >= 0.6 is 0 Å². The van der Waals surface area contributed by atoms with Gasteiger partial charge in [0.25, 0.3) is 0 Å². The summed E-state index contributed by atoms with van der Waals surface area (Å²) >= 11 is 0. The topological polar surface area (TPSA) is 68.9 Å². The Morgan fingerprint density at radius 2 is 2.38 bits per heavy atom. The Labute approximate surface area is 76.8 Å². The van der Waals surface area contributed by atoms with Gasteiger partial charge < -0.3 is 10.4 Å². The minimum Gasteiger partial charge on any atom is -0.396 e. The highest BCUT2D eigenvalue weighted by molar-refractivity contribution is 5.42. The first-order chi connectivity index (χ1) is 6.36. The molecule has 0 bridgehead atoms. The summed E-state index contributed by atoms with van der Waals surface area (Å²) in [7, 11) is 0. The van der Waals surface area contributed by atoms with Crippen LogP contribution in [0.4, 0.5) is 5.69 Å².